The smallest absolute Gasteiger partial charge is 0.259 e. The maximum Gasteiger partial charge on any atom is 0.259 e. The van der Waals surface area contributed by atoms with E-state index in [1.165, 1.54) is 0 Å². The molecule has 4 rings (SSSR count). The van der Waals surface area contributed by atoms with Gasteiger partial charge in [-0.1, -0.05) is 0 Å². The normalized spacial score (nSPS) is 15.5. The number of amides is 1. The first-order chi connectivity index (χ1) is 14.1. The second-order valence-corrected chi connectivity index (χ2v) is 7.32. The van der Waals surface area contributed by atoms with Crippen LogP contribution in [0.5, 0.6) is 5.75 Å². The first-order valence-corrected chi connectivity index (χ1v) is 9.76. The van der Waals surface area contributed by atoms with E-state index in [9.17, 15) is 4.79 Å². The molecule has 3 aromatic rings. The van der Waals surface area contributed by atoms with E-state index in [4.69, 9.17) is 10.5 Å². The van der Waals surface area contributed by atoms with Crippen molar-refractivity contribution in [1.82, 2.24) is 19.4 Å². The molecule has 1 aliphatic rings. The molecule has 1 fully saturated rings. The number of nitrogens with zero attached hydrogens (tertiary/aromatic N) is 4. The Balaban J connectivity index is 1.31. The van der Waals surface area contributed by atoms with Crippen molar-refractivity contribution in [3.8, 4) is 5.75 Å². The van der Waals surface area contributed by atoms with Gasteiger partial charge in [-0.05, 0) is 43.4 Å². The van der Waals surface area contributed by atoms with Crippen molar-refractivity contribution in [1.29, 1.82) is 0 Å². The van der Waals surface area contributed by atoms with E-state index in [1.54, 1.807) is 29.0 Å². The Hall–Kier alpha value is -3.10. The number of anilines is 2. The van der Waals surface area contributed by atoms with Crippen LogP contribution in [0.2, 0.25) is 0 Å². The van der Waals surface area contributed by atoms with Crippen molar-refractivity contribution in [2.24, 2.45) is 0 Å². The molecule has 1 aromatic carbocycles. The molecule has 3 N–H and O–H groups in total. The fraction of sp³-hybridized carbons (Fsp3) is 0.333. The van der Waals surface area contributed by atoms with Crippen LogP contribution in [0.25, 0.3) is 5.52 Å². The highest BCUT2D eigenvalue weighted by molar-refractivity contribution is 6.09. The number of likely N-dealkylation sites (N-methyl/N-ethyl adjacent to an activating group) is 1. The summed E-state index contributed by atoms with van der Waals surface area (Å²) >= 11 is 0. The van der Waals surface area contributed by atoms with E-state index in [-0.39, 0.29) is 5.91 Å². The highest BCUT2D eigenvalue weighted by Crippen LogP contribution is 2.19. The molecule has 8 heteroatoms. The van der Waals surface area contributed by atoms with E-state index in [1.807, 2.05) is 24.3 Å². The minimum absolute atomic E-state index is 0.227. The maximum absolute atomic E-state index is 12.6. The zero-order valence-corrected chi connectivity index (χ0v) is 16.5. The summed E-state index contributed by atoms with van der Waals surface area (Å²) in [4.78, 5) is 17.4. The summed E-state index contributed by atoms with van der Waals surface area (Å²) < 4.78 is 7.47. The van der Waals surface area contributed by atoms with Crippen LogP contribution in [0.3, 0.4) is 0 Å². The number of carbonyl (C=O) groups is 1. The summed E-state index contributed by atoms with van der Waals surface area (Å²) in [6, 6.07) is 10.9. The fourth-order valence-corrected chi connectivity index (χ4v) is 3.37. The minimum atomic E-state index is -0.227. The highest BCUT2D eigenvalue weighted by Gasteiger charge is 2.14. The number of aromatic nitrogens is 2. The molecule has 0 saturated carbocycles. The van der Waals surface area contributed by atoms with Crippen LogP contribution in [0, 0.1) is 0 Å². The van der Waals surface area contributed by atoms with Gasteiger partial charge in [0.1, 0.15) is 12.4 Å². The van der Waals surface area contributed by atoms with Crippen LogP contribution in [0.4, 0.5) is 11.4 Å². The number of piperazine rings is 1. The molecule has 29 heavy (non-hydrogen) atoms. The SMILES string of the molecule is CN1CCN(CCOc2ccc(NC(=O)c3cnn4ccc(N)cc34)cc2)CC1. The third-order valence-electron chi connectivity index (χ3n) is 5.17. The molecule has 3 heterocycles. The molecule has 0 spiro atoms. The Bertz CT molecular complexity index is 977. The zero-order valence-electron chi connectivity index (χ0n) is 16.5. The number of nitrogens with two attached hydrogens (primary N) is 1. The molecule has 0 radical (unpaired) electrons. The average molecular weight is 394 g/mol. The monoisotopic (exact) mass is 394 g/mol. The van der Waals surface area contributed by atoms with Crippen LogP contribution < -0.4 is 15.8 Å². The highest BCUT2D eigenvalue weighted by atomic mass is 16.5. The largest absolute Gasteiger partial charge is 0.492 e. The lowest BCUT2D eigenvalue weighted by atomic mass is 10.2. The van der Waals surface area contributed by atoms with Crippen molar-refractivity contribution >= 4 is 22.8 Å². The van der Waals surface area contributed by atoms with E-state index in [2.05, 4.69) is 27.3 Å². The summed E-state index contributed by atoms with van der Waals surface area (Å²) in [6.45, 7) is 5.95. The number of carbonyl (C=O) groups excluding carboxylic acids is 1. The van der Waals surface area contributed by atoms with Crippen molar-refractivity contribution in [3.63, 3.8) is 0 Å². The zero-order chi connectivity index (χ0) is 20.2. The second-order valence-electron chi connectivity index (χ2n) is 7.32. The second kappa shape index (κ2) is 8.50. The number of ether oxygens (including phenoxy) is 1. The standard InChI is InChI=1S/C21H26N6O2/c1-25-8-10-26(11-9-25)12-13-29-18-4-2-17(3-5-18)24-21(28)19-15-23-27-7-6-16(22)14-20(19)27/h2-7,14-15H,8-13,22H2,1H3,(H,24,28). The van der Waals surface area contributed by atoms with Gasteiger partial charge in [-0.25, -0.2) is 4.52 Å². The van der Waals surface area contributed by atoms with Gasteiger partial charge in [-0.3, -0.25) is 9.69 Å². The van der Waals surface area contributed by atoms with Crippen molar-refractivity contribution < 1.29 is 9.53 Å². The Labute approximate surface area is 169 Å². The van der Waals surface area contributed by atoms with Crippen molar-refractivity contribution in [2.45, 2.75) is 0 Å². The van der Waals surface area contributed by atoms with Gasteiger partial charge in [-0.15, -0.1) is 0 Å². The number of nitrogen functional groups attached to an aromatic ring is 1. The molecule has 1 amide bonds. The minimum Gasteiger partial charge on any atom is -0.492 e. The average Bonchev–Trinajstić information content (AvgIpc) is 3.14. The molecule has 0 aliphatic carbocycles. The van der Waals surface area contributed by atoms with Gasteiger partial charge in [0, 0.05) is 50.3 Å². The van der Waals surface area contributed by atoms with Crippen molar-refractivity contribution in [2.75, 3.05) is 57.4 Å². The predicted octanol–water partition coefficient (Wildman–Crippen LogP) is 1.79. The van der Waals surface area contributed by atoms with Crippen molar-refractivity contribution in [3.05, 3.63) is 54.4 Å². The van der Waals surface area contributed by atoms with E-state index >= 15 is 0 Å². The Kier molecular flexibility index (Phi) is 5.64. The Morgan fingerprint density at radius 1 is 1.17 bits per heavy atom. The number of hydrogen-bond donors (Lipinski definition) is 2. The summed E-state index contributed by atoms with van der Waals surface area (Å²) in [7, 11) is 2.15. The summed E-state index contributed by atoms with van der Waals surface area (Å²) in [5.74, 6) is 0.565. The molecule has 0 atom stereocenters. The van der Waals surface area contributed by atoms with Crippen LogP contribution in [-0.2, 0) is 0 Å². The third kappa shape index (κ3) is 4.67. The van der Waals surface area contributed by atoms with Crippen LogP contribution in [0.1, 0.15) is 10.4 Å². The van der Waals surface area contributed by atoms with Crippen LogP contribution in [0.15, 0.2) is 48.8 Å². The van der Waals surface area contributed by atoms with Gasteiger partial charge in [-0.2, -0.15) is 5.10 Å². The first-order valence-electron chi connectivity index (χ1n) is 9.76. The molecule has 0 bridgehead atoms. The number of pyridine rings is 1. The number of hydrogen-bond acceptors (Lipinski definition) is 6. The molecule has 8 nitrogen and oxygen atoms in total. The first kappa shape index (κ1) is 19.2. The number of fused-ring (bicyclic) bond motifs is 1. The van der Waals surface area contributed by atoms with Gasteiger partial charge in [0.15, 0.2) is 0 Å². The van der Waals surface area contributed by atoms with Crippen LogP contribution in [-0.4, -0.2) is 71.7 Å². The molecule has 2 aromatic heterocycles. The van der Waals surface area contributed by atoms with Gasteiger partial charge in [0.05, 0.1) is 17.3 Å². The summed E-state index contributed by atoms with van der Waals surface area (Å²) in [5, 5.41) is 7.08. The molecule has 1 saturated heterocycles. The lowest BCUT2D eigenvalue weighted by molar-refractivity contribution is 0.102. The predicted molar refractivity (Wildman–Crippen MR) is 113 cm³/mol. The lowest BCUT2D eigenvalue weighted by Crippen LogP contribution is -2.45. The van der Waals surface area contributed by atoms with Gasteiger partial charge < -0.3 is 20.7 Å². The molecule has 1 aliphatic heterocycles. The van der Waals surface area contributed by atoms with Gasteiger partial charge in [0.2, 0.25) is 0 Å². The molecule has 0 unspecified atom stereocenters. The van der Waals surface area contributed by atoms with E-state index in [0.717, 1.165) is 38.5 Å². The Morgan fingerprint density at radius 2 is 1.93 bits per heavy atom. The summed E-state index contributed by atoms with van der Waals surface area (Å²) in [5.41, 5.74) is 8.26. The van der Waals surface area contributed by atoms with Gasteiger partial charge in [0.25, 0.3) is 5.91 Å². The number of nitrogens with one attached hydrogen (secondary N) is 1. The van der Waals surface area contributed by atoms with Gasteiger partial charge >= 0.3 is 0 Å². The number of benzene rings is 1. The maximum atomic E-state index is 12.6. The summed E-state index contributed by atoms with van der Waals surface area (Å²) in [6.07, 6.45) is 3.27. The van der Waals surface area contributed by atoms with E-state index < -0.39 is 0 Å². The molecule has 152 valence electrons. The molecular formula is C21H26N6O2. The third-order valence-corrected chi connectivity index (χ3v) is 5.17. The molecular weight excluding hydrogens is 368 g/mol. The number of rotatable bonds is 6. The topological polar surface area (TPSA) is 88.1 Å². The lowest BCUT2D eigenvalue weighted by Gasteiger charge is -2.32. The van der Waals surface area contributed by atoms with E-state index in [0.29, 0.717) is 29.1 Å². The quantitative estimate of drug-likeness (QED) is 0.663. The van der Waals surface area contributed by atoms with Crippen LogP contribution >= 0.6 is 0 Å². The Morgan fingerprint density at radius 3 is 2.69 bits per heavy atom. The fourth-order valence-electron chi connectivity index (χ4n) is 3.37.